The molecule has 1 aliphatic carbocycles. The number of carbonyl (C=O) groups excluding carboxylic acids is 2. The van der Waals surface area contributed by atoms with Gasteiger partial charge in [0, 0.05) is 11.3 Å². The van der Waals surface area contributed by atoms with Gasteiger partial charge >= 0.3 is 12.1 Å². The number of ether oxygens (including phenoxy) is 1. The normalized spacial score (nSPS) is 13.0. The largest absolute Gasteiger partial charge is 0.480 e. The minimum absolute atomic E-state index is 0.0382. The number of aliphatic carboxylic acids is 1. The smallest absolute Gasteiger partial charge is 0.413 e. The molecule has 4 rings (SSSR count). The number of fused-ring (bicyclic) bond motifs is 3. The van der Waals surface area contributed by atoms with Crippen molar-refractivity contribution in [1.29, 1.82) is 0 Å². The third-order valence-electron chi connectivity index (χ3n) is 5.47. The first-order valence-corrected chi connectivity index (χ1v) is 11.5. The number of carboxylic acid groups (broad SMARTS) is 1. The number of hydrogen-bond acceptors (Lipinski definition) is 6. The van der Waals surface area contributed by atoms with Crippen LogP contribution >= 0.6 is 11.3 Å². The summed E-state index contributed by atoms with van der Waals surface area (Å²) in [5, 5.41) is 15.8. The van der Waals surface area contributed by atoms with E-state index in [1.54, 1.807) is 0 Å². The number of nitrogens with one attached hydrogen (secondary N) is 2. The lowest BCUT2D eigenvalue weighted by atomic mass is 9.98. The number of aromatic nitrogens is 1. The van der Waals surface area contributed by atoms with Crippen molar-refractivity contribution in [3.05, 3.63) is 70.7 Å². The summed E-state index contributed by atoms with van der Waals surface area (Å²) >= 11 is 1.06. The summed E-state index contributed by atoms with van der Waals surface area (Å²) < 4.78 is 5.48. The van der Waals surface area contributed by atoms with Gasteiger partial charge in [0.15, 0.2) is 5.13 Å². The van der Waals surface area contributed by atoms with Gasteiger partial charge in [-0.15, -0.1) is 11.3 Å². The fraction of sp³-hybridized carbons (Fsp3) is 0.250. The Morgan fingerprint density at radius 3 is 2.33 bits per heavy atom. The van der Waals surface area contributed by atoms with Crippen LogP contribution in [0.25, 0.3) is 11.1 Å². The summed E-state index contributed by atoms with van der Waals surface area (Å²) in [6.45, 7) is 2.00. The number of benzene rings is 2. The maximum absolute atomic E-state index is 12.4. The predicted octanol–water partition coefficient (Wildman–Crippen LogP) is 4.49. The highest BCUT2D eigenvalue weighted by atomic mass is 32.1. The average Bonchev–Trinajstić information content (AvgIpc) is 3.40. The fourth-order valence-electron chi connectivity index (χ4n) is 3.94. The van der Waals surface area contributed by atoms with Gasteiger partial charge in [0.05, 0.1) is 0 Å². The zero-order valence-corrected chi connectivity index (χ0v) is 18.7. The highest BCUT2D eigenvalue weighted by molar-refractivity contribution is 7.14. The molecule has 3 aromatic rings. The minimum atomic E-state index is -1.10. The second-order valence-corrected chi connectivity index (χ2v) is 8.50. The predicted molar refractivity (Wildman–Crippen MR) is 125 cm³/mol. The van der Waals surface area contributed by atoms with Crippen molar-refractivity contribution in [3.8, 4) is 11.1 Å². The molecule has 0 aliphatic heterocycles. The number of anilines is 1. The molecule has 1 atom stereocenters. The average molecular weight is 466 g/mol. The SMILES string of the molecule is CCC[C@@H](NC(=O)c1csc(NC(=O)OCC2c3ccccc3-c3ccccc32)n1)C(=O)O. The molecular formula is C24H23N3O5S. The number of carbonyl (C=O) groups is 3. The van der Waals surface area contributed by atoms with E-state index < -0.39 is 24.0 Å². The van der Waals surface area contributed by atoms with E-state index >= 15 is 0 Å². The molecule has 2 aromatic carbocycles. The van der Waals surface area contributed by atoms with Gasteiger partial charge in [-0.25, -0.2) is 14.6 Å². The molecule has 0 unspecified atom stereocenters. The molecule has 1 aliphatic rings. The summed E-state index contributed by atoms with van der Waals surface area (Å²) in [7, 11) is 0. The molecule has 0 radical (unpaired) electrons. The Morgan fingerprint density at radius 1 is 1.09 bits per heavy atom. The van der Waals surface area contributed by atoms with Crippen molar-refractivity contribution in [2.24, 2.45) is 0 Å². The monoisotopic (exact) mass is 465 g/mol. The van der Waals surface area contributed by atoms with Crippen molar-refractivity contribution in [2.45, 2.75) is 31.7 Å². The molecule has 0 fully saturated rings. The van der Waals surface area contributed by atoms with Crippen LogP contribution in [0.4, 0.5) is 9.93 Å². The summed E-state index contributed by atoms with van der Waals surface area (Å²) in [4.78, 5) is 40.0. The number of amides is 2. The zero-order chi connectivity index (χ0) is 23.4. The zero-order valence-electron chi connectivity index (χ0n) is 17.9. The van der Waals surface area contributed by atoms with Crippen LogP contribution in [0.3, 0.4) is 0 Å². The van der Waals surface area contributed by atoms with Crippen molar-refractivity contribution in [2.75, 3.05) is 11.9 Å². The van der Waals surface area contributed by atoms with Crippen molar-refractivity contribution in [3.63, 3.8) is 0 Å². The lowest BCUT2D eigenvalue weighted by Crippen LogP contribution is -2.40. The highest BCUT2D eigenvalue weighted by Gasteiger charge is 2.29. The van der Waals surface area contributed by atoms with Crippen molar-refractivity contribution < 1.29 is 24.2 Å². The van der Waals surface area contributed by atoms with Crippen LogP contribution in [0, 0.1) is 0 Å². The van der Waals surface area contributed by atoms with Crippen LogP contribution in [-0.2, 0) is 9.53 Å². The van der Waals surface area contributed by atoms with Gasteiger partial charge in [-0.1, -0.05) is 61.9 Å². The quantitative estimate of drug-likeness (QED) is 0.451. The van der Waals surface area contributed by atoms with Gasteiger partial charge in [0.25, 0.3) is 5.91 Å². The van der Waals surface area contributed by atoms with Crippen molar-refractivity contribution >= 4 is 34.4 Å². The van der Waals surface area contributed by atoms with Crippen LogP contribution in [0.1, 0.15) is 47.3 Å². The van der Waals surface area contributed by atoms with E-state index in [1.165, 1.54) is 5.38 Å². The molecule has 1 aromatic heterocycles. The molecule has 9 heteroatoms. The van der Waals surface area contributed by atoms with E-state index in [4.69, 9.17) is 4.74 Å². The standard InChI is InChI=1S/C24H23N3O5S/c1-2-7-19(22(29)30)25-21(28)20-13-33-23(26-20)27-24(31)32-12-18-16-10-5-3-8-14(16)15-9-4-6-11-17(15)18/h3-6,8-11,13,18-19H,2,7,12H2,1H3,(H,25,28)(H,29,30)(H,26,27,31)/t19-/m1/s1. The van der Waals surface area contributed by atoms with E-state index in [-0.39, 0.29) is 23.4 Å². The summed E-state index contributed by atoms with van der Waals surface area (Å²) in [6, 6.07) is 15.1. The number of carboxylic acids is 1. The maximum Gasteiger partial charge on any atom is 0.413 e. The third kappa shape index (κ3) is 4.88. The van der Waals surface area contributed by atoms with Gasteiger partial charge < -0.3 is 15.2 Å². The molecule has 8 nitrogen and oxygen atoms in total. The third-order valence-corrected chi connectivity index (χ3v) is 6.23. The van der Waals surface area contributed by atoms with Gasteiger partial charge in [-0.05, 0) is 28.7 Å². The maximum atomic E-state index is 12.4. The van der Waals surface area contributed by atoms with Crippen LogP contribution in [0.2, 0.25) is 0 Å². The second-order valence-electron chi connectivity index (χ2n) is 7.64. The first-order chi connectivity index (χ1) is 16.0. The molecule has 3 N–H and O–H groups in total. The van der Waals surface area contributed by atoms with E-state index in [0.29, 0.717) is 12.8 Å². The summed E-state index contributed by atoms with van der Waals surface area (Å²) in [5.41, 5.74) is 4.54. The molecule has 1 heterocycles. The van der Waals surface area contributed by atoms with E-state index in [9.17, 15) is 19.5 Å². The van der Waals surface area contributed by atoms with E-state index in [0.717, 1.165) is 33.6 Å². The molecular weight excluding hydrogens is 442 g/mol. The van der Waals surface area contributed by atoms with Gasteiger partial charge in [-0.2, -0.15) is 0 Å². The molecule has 0 saturated heterocycles. The molecule has 0 spiro atoms. The number of nitrogens with zero attached hydrogens (tertiary/aromatic N) is 1. The lowest BCUT2D eigenvalue weighted by Gasteiger charge is -2.14. The van der Waals surface area contributed by atoms with Gasteiger partial charge in [0.2, 0.25) is 0 Å². The van der Waals surface area contributed by atoms with E-state index in [1.807, 2.05) is 43.3 Å². The minimum Gasteiger partial charge on any atom is -0.480 e. The Bertz CT molecular complexity index is 1150. The summed E-state index contributed by atoms with van der Waals surface area (Å²) in [5.74, 6) is -1.77. The van der Waals surface area contributed by atoms with Crippen LogP contribution in [-0.4, -0.2) is 40.7 Å². The van der Waals surface area contributed by atoms with Crippen LogP contribution in [0.15, 0.2) is 53.9 Å². The lowest BCUT2D eigenvalue weighted by molar-refractivity contribution is -0.139. The second kappa shape index (κ2) is 9.83. The fourth-order valence-corrected chi connectivity index (χ4v) is 4.61. The molecule has 170 valence electrons. The van der Waals surface area contributed by atoms with Crippen LogP contribution in [0.5, 0.6) is 0 Å². The Kier molecular flexibility index (Phi) is 6.69. The van der Waals surface area contributed by atoms with Crippen LogP contribution < -0.4 is 10.6 Å². The molecule has 0 saturated carbocycles. The Hall–Kier alpha value is -3.72. The van der Waals surface area contributed by atoms with Gasteiger partial charge in [-0.3, -0.25) is 10.1 Å². The number of hydrogen-bond donors (Lipinski definition) is 3. The number of rotatable bonds is 8. The molecule has 33 heavy (non-hydrogen) atoms. The molecule has 2 amide bonds. The van der Waals surface area contributed by atoms with E-state index in [2.05, 4.69) is 27.8 Å². The van der Waals surface area contributed by atoms with Gasteiger partial charge in [0.1, 0.15) is 18.3 Å². The Morgan fingerprint density at radius 2 is 1.73 bits per heavy atom. The first kappa shape index (κ1) is 22.5. The molecule has 0 bridgehead atoms. The topological polar surface area (TPSA) is 118 Å². The van der Waals surface area contributed by atoms with Crippen molar-refractivity contribution in [1.82, 2.24) is 10.3 Å². The highest BCUT2D eigenvalue weighted by Crippen LogP contribution is 2.44. The number of thiazole rings is 1. The first-order valence-electron chi connectivity index (χ1n) is 10.6. The Balaban J connectivity index is 1.36. The summed E-state index contributed by atoms with van der Waals surface area (Å²) in [6.07, 6.45) is 0.256. The Labute approximate surface area is 194 Å².